The molecule has 0 fully saturated rings. The van der Waals surface area contributed by atoms with E-state index in [0.717, 1.165) is 17.6 Å². The van der Waals surface area contributed by atoms with Crippen LogP contribution in [-0.2, 0) is 10.0 Å². The summed E-state index contributed by atoms with van der Waals surface area (Å²) in [5.41, 5.74) is 3.16. The van der Waals surface area contributed by atoms with Gasteiger partial charge in [-0.25, -0.2) is 8.42 Å². The Bertz CT molecular complexity index is 758. The molecule has 1 aromatic carbocycles. The second-order valence-electron chi connectivity index (χ2n) is 5.75. The maximum atomic E-state index is 11.8. The summed E-state index contributed by atoms with van der Waals surface area (Å²) in [7, 11) is -3.35. The van der Waals surface area contributed by atoms with Gasteiger partial charge in [0.1, 0.15) is 0 Å². The number of hydrogen-bond acceptors (Lipinski definition) is 3. The Balaban J connectivity index is 1.98. The highest BCUT2D eigenvalue weighted by Gasteiger charge is 2.27. The third kappa shape index (κ3) is 2.86. The van der Waals surface area contributed by atoms with Gasteiger partial charge in [-0.05, 0) is 35.6 Å². The van der Waals surface area contributed by atoms with Gasteiger partial charge < -0.3 is 4.90 Å². The van der Waals surface area contributed by atoms with Crippen LogP contribution in [0.4, 0.5) is 0 Å². The Labute approximate surface area is 131 Å². The van der Waals surface area contributed by atoms with E-state index in [0.29, 0.717) is 18.3 Å². The normalized spacial score (nSPS) is 20.9. The van der Waals surface area contributed by atoms with E-state index in [1.54, 1.807) is 0 Å². The lowest BCUT2D eigenvalue weighted by Gasteiger charge is -2.29. The Kier molecular flexibility index (Phi) is 3.91. The first-order chi connectivity index (χ1) is 10.5. The van der Waals surface area contributed by atoms with Crippen LogP contribution < -0.4 is 0 Å². The predicted molar refractivity (Wildman–Crippen MR) is 90.2 cm³/mol. The number of rotatable bonds is 3. The van der Waals surface area contributed by atoms with Gasteiger partial charge in [0.25, 0.3) is 10.0 Å². The molecule has 0 aromatic heterocycles. The van der Waals surface area contributed by atoms with Crippen molar-refractivity contribution in [3.8, 4) is 0 Å². The summed E-state index contributed by atoms with van der Waals surface area (Å²) >= 11 is 0. The van der Waals surface area contributed by atoms with Crippen LogP contribution >= 0.6 is 0 Å². The molecule has 0 spiro atoms. The first-order valence-electron chi connectivity index (χ1n) is 7.58. The zero-order valence-corrected chi connectivity index (χ0v) is 13.7. The number of benzene rings is 1. The molecule has 2 heterocycles. The third-order valence-corrected chi connectivity index (χ3v) is 5.41. The van der Waals surface area contributed by atoms with Crippen LogP contribution in [0.5, 0.6) is 0 Å². The van der Waals surface area contributed by atoms with Crippen molar-refractivity contribution in [1.82, 2.24) is 4.90 Å². The minimum Gasteiger partial charge on any atom is -0.331 e. The molecule has 0 radical (unpaired) electrons. The number of amidine groups is 1. The van der Waals surface area contributed by atoms with Crippen LogP contribution in [0.1, 0.15) is 37.3 Å². The van der Waals surface area contributed by atoms with E-state index in [4.69, 9.17) is 0 Å². The Morgan fingerprint density at radius 3 is 2.68 bits per heavy atom. The molecular formula is C17H20N2O2S. The van der Waals surface area contributed by atoms with Crippen LogP contribution in [0.3, 0.4) is 0 Å². The molecule has 0 N–H and O–H groups in total. The van der Waals surface area contributed by atoms with E-state index in [1.807, 2.05) is 23.3 Å². The van der Waals surface area contributed by atoms with Crippen molar-refractivity contribution < 1.29 is 8.42 Å². The number of fused-ring (bicyclic) bond motifs is 1. The Morgan fingerprint density at radius 1 is 1.27 bits per heavy atom. The van der Waals surface area contributed by atoms with Gasteiger partial charge in [0, 0.05) is 18.3 Å². The summed E-state index contributed by atoms with van der Waals surface area (Å²) in [5, 5.41) is 0. The molecule has 0 saturated carbocycles. The van der Waals surface area contributed by atoms with Crippen molar-refractivity contribution in [1.29, 1.82) is 0 Å². The van der Waals surface area contributed by atoms with E-state index in [9.17, 15) is 8.42 Å². The molecule has 1 aromatic rings. The maximum Gasteiger partial charge on any atom is 0.256 e. The van der Waals surface area contributed by atoms with Gasteiger partial charge in [-0.15, -0.1) is 4.40 Å². The average Bonchev–Trinajstić information content (AvgIpc) is 2.53. The molecule has 0 saturated heterocycles. The summed E-state index contributed by atoms with van der Waals surface area (Å²) in [6, 6.07) is 8.33. The lowest BCUT2D eigenvalue weighted by molar-refractivity contribution is 0.550. The first-order valence-corrected chi connectivity index (χ1v) is 9.19. The fourth-order valence-corrected chi connectivity index (χ4v) is 3.65. The van der Waals surface area contributed by atoms with Gasteiger partial charge in [-0.1, -0.05) is 38.1 Å². The molecule has 0 bridgehead atoms. The highest BCUT2D eigenvalue weighted by atomic mass is 32.2. The van der Waals surface area contributed by atoms with Crippen molar-refractivity contribution >= 4 is 21.4 Å². The fraction of sp³-hybridized carbons (Fsp3) is 0.353. The highest BCUT2D eigenvalue weighted by molar-refractivity contribution is 7.90. The molecule has 0 amide bonds. The van der Waals surface area contributed by atoms with Crippen LogP contribution in [0.25, 0.3) is 5.57 Å². The number of allylic oxidation sites excluding steroid dienone is 2. The summed E-state index contributed by atoms with van der Waals surface area (Å²) in [6.07, 6.45) is 6.84. The van der Waals surface area contributed by atoms with Crippen molar-refractivity contribution in [2.75, 3.05) is 12.3 Å². The standard InChI is InChI=1S/C17H20N2O2S/c1-3-13(2)14-6-8-15(9-7-14)16-5-4-10-19-11-12-22(20,21)18-17(16)19/h4-10,13H,3,11-12H2,1-2H3. The molecule has 2 aliphatic heterocycles. The number of nitrogens with zero attached hydrogens (tertiary/aromatic N) is 2. The second-order valence-corrected chi connectivity index (χ2v) is 7.50. The van der Waals surface area contributed by atoms with Crippen molar-refractivity contribution in [2.45, 2.75) is 26.2 Å². The lowest BCUT2D eigenvalue weighted by atomic mass is 9.95. The summed E-state index contributed by atoms with van der Waals surface area (Å²) in [4.78, 5) is 1.90. The SMILES string of the molecule is CCC(C)c1ccc(C2=CC=CN3CCS(=O)(=O)N=C23)cc1. The van der Waals surface area contributed by atoms with Crippen LogP contribution in [0, 0.1) is 0 Å². The van der Waals surface area contributed by atoms with Crippen molar-refractivity contribution in [3.63, 3.8) is 0 Å². The van der Waals surface area contributed by atoms with Crippen LogP contribution in [0.2, 0.25) is 0 Å². The molecule has 22 heavy (non-hydrogen) atoms. The van der Waals surface area contributed by atoms with Crippen LogP contribution in [-0.4, -0.2) is 31.5 Å². The minimum absolute atomic E-state index is 0.0705. The van der Waals surface area contributed by atoms with Crippen LogP contribution in [0.15, 0.2) is 47.0 Å². The molecule has 5 heteroatoms. The molecule has 2 aliphatic rings. The minimum atomic E-state index is -3.35. The molecule has 3 rings (SSSR count). The Morgan fingerprint density at radius 2 is 2.00 bits per heavy atom. The van der Waals surface area contributed by atoms with Gasteiger partial charge in [0.2, 0.25) is 0 Å². The topological polar surface area (TPSA) is 49.7 Å². The smallest absolute Gasteiger partial charge is 0.256 e. The van der Waals surface area contributed by atoms with Crippen molar-refractivity contribution in [2.24, 2.45) is 4.40 Å². The van der Waals surface area contributed by atoms with Gasteiger partial charge in [-0.3, -0.25) is 0 Å². The summed E-state index contributed by atoms with van der Waals surface area (Å²) in [6.45, 7) is 4.84. The summed E-state index contributed by atoms with van der Waals surface area (Å²) < 4.78 is 27.6. The monoisotopic (exact) mass is 316 g/mol. The molecule has 0 aliphatic carbocycles. The molecular weight excluding hydrogens is 296 g/mol. The van der Waals surface area contributed by atoms with Gasteiger partial charge >= 0.3 is 0 Å². The zero-order chi connectivity index (χ0) is 15.7. The predicted octanol–water partition coefficient (Wildman–Crippen LogP) is 3.15. The van der Waals surface area contributed by atoms with E-state index < -0.39 is 10.0 Å². The molecule has 1 atom stereocenters. The summed E-state index contributed by atoms with van der Waals surface area (Å²) in [5.74, 6) is 1.13. The van der Waals surface area contributed by atoms with E-state index in [2.05, 4.69) is 42.5 Å². The number of sulfonamides is 1. The quantitative estimate of drug-likeness (QED) is 0.860. The van der Waals surface area contributed by atoms with Gasteiger partial charge in [-0.2, -0.15) is 0 Å². The average molecular weight is 316 g/mol. The number of hydrogen-bond donors (Lipinski definition) is 0. The third-order valence-electron chi connectivity index (χ3n) is 4.26. The lowest BCUT2D eigenvalue weighted by Crippen LogP contribution is -2.37. The molecule has 116 valence electrons. The van der Waals surface area contributed by atoms with E-state index in [1.165, 1.54) is 5.56 Å². The Hall–Kier alpha value is -1.88. The molecule has 1 unspecified atom stereocenters. The largest absolute Gasteiger partial charge is 0.331 e. The second kappa shape index (κ2) is 5.72. The molecule has 4 nitrogen and oxygen atoms in total. The van der Waals surface area contributed by atoms with Gasteiger partial charge in [0.15, 0.2) is 5.84 Å². The zero-order valence-electron chi connectivity index (χ0n) is 12.9. The van der Waals surface area contributed by atoms with E-state index >= 15 is 0 Å². The maximum absolute atomic E-state index is 11.8. The van der Waals surface area contributed by atoms with E-state index in [-0.39, 0.29) is 5.75 Å². The highest BCUT2D eigenvalue weighted by Crippen LogP contribution is 2.27. The fourth-order valence-electron chi connectivity index (χ4n) is 2.67. The first kappa shape index (κ1) is 15.0. The van der Waals surface area contributed by atoms with Gasteiger partial charge in [0.05, 0.1) is 5.75 Å². The van der Waals surface area contributed by atoms with Crippen molar-refractivity contribution in [3.05, 3.63) is 53.7 Å².